The summed E-state index contributed by atoms with van der Waals surface area (Å²) in [7, 11) is 4.48. The molecule has 428 valence electrons. The third-order valence-corrected chi connectivity index (χ3v) is 16.5. The molecule has 0 atom stereocenters. The van der Waals surface area contributed by atoms with Crippen LogP contribution in [0.1, 0.15) is 7.43 Å². The van der Waals surface area contributed by atoms with E-state index in [4.69, 9.17) is 18.9 Å². The second kappa shape index (κ2) is 24.8. The van der Waals surface area contributed by atoms with E-state index in [1.807, 2.05) is 159 Å². The number of rotatable bonds is 10. The van der Waals surface area contributed by atoms with Crippen LogP contribution in [-0.4, -0.2) is 59.3 Å². The first-order valence-corrected chi connectivity index (χ1v) is 28.6. The quantitative estimate of drug-likeness (QED) is 0.133. The van der Waals surface area contributed by atoms with Gasteiger partial charge in [0.05, 0.1) is 87.5 Å². The Bertz CT molecular complexity index is 4490. The van der Waals surface area contributed by atoms with Crippen molar-refractivity contribution >= 4 is 110 Å². The Balaban J connectivity index is 0.000000175. The molecule has 14 aromatic rings. The summed E-state index contributed by atoms with van der Waals surface area (Å²) >= 11 is 6.71. The monoisotopic (exact) mass is 1270 g/mol. The number of aromatic nitrogens is 3. The molecule has 0 saturated heterocycles. The van der Waals surface area contributed by atoms with E-state index in [-0.39, 0.29) is 12.9 Å². The van der Waals surface area contributed by atoms with Gasteiger partial charge in [-0.1, -0.05) is 153 Å². The predicted molar refractivity (Wildman–Crippen MR) is 351 cm³/mol. The Morgan fingerprint density at radius 3 is 0.872 bits per heavy atom. The molecule has 0 amide bonds. The summed E-state index contributed by atoms with van der Waals surface area (Å²) in [4.78, 5) is 0. The molecular weight excluding hydrogens is 1220 g/mol. The molecule has 3 aromatic heterocycles. The zero-order valence-electron chi connectivity index (χ0n) is 46.2. The number of ether oxygens (including phenoxy) is 4. The summed E-state index contributed by atoms with van der Waals surface area (Å²) in [6, 6.07) is 70.1. The first kappa shape index (κ1) is 58.5. The molecule has 3 heterocycles. The van der Waals surface area contributed by atoms with E-state index in [2.05, 4.69) is 56.1 Å². The lowest BCUT2D eigenvalue weighted by Crippen LogP contribution is -2.33. The molecule has 15 heteroatoms. The van der Waals surface area contributed by atoms with Gasteiger partial charge < -0.3 is 42.7 Å². The summed E-state index contributed by atoms with van der Waals surface area (Å²) in [5.74, 6) is 0.888. The van der Waals surface area contributed by atoms with Gasteiger partial charge in [-0.15, -0.1) is 0 Å². The highest BCUT2D eigenvalue weighted by Gasteiger charge is 2.25. The zero-order valence-corrected chi connectivity index (χ0v) is 49.4. The summed E-state index contributed by atoms with van der Waals surface area (Å²) < 4.78 is 78.1. The largest absolute Gasteiger partial charge is 0.496 e. The van der Waals surface area contributed by atoms with Crippen LogP contribution in [0.2, 0.25) is 0 Å². The minimum absolute atomic E-state index is 0. The molecule has 0 fully saturated rings. The standard InChI is InChI=1S/C44H30F2N2O2.C18H13BFNO2.C8H8Br2O2.CH4/c1-49-41-25-34(32-18-12-24-40(44(32)46)48-37-21-9-5-15-29(37)30-16-6-10-22-38(30)48)42(50-2)26-33(41)31-17-11-23-39(43(31)45)47-35-19-7-3-13-27(35)28-14-4-8-20-36(28)47;20-18-14(19(22)23)8-5-11-17(18)21-15-9-3-1-6-12(15)13-7-2-4-10-16(13)21;1-11-7-3-6(10)8(12-2)4-5(7)9;/h3-26H,1-2H3;1-11,22-23H;3-4H,1-2H3;1H4. The number of para-hydroxylation sites is 6. The highest BCUT2D eigenvalue weighted by Crippen LogP contribution is 2.45. The topological polar surface area (TPSA) is 92.2 Å². The number of methoxy groups -OCH3 is 4. The summed E-state index contributed by atoms with van der Waals surface area (Å²) in [5.41, 5.74) is 8.02. The van der Waals surface area contributed by atoms with Crippen molar-refractivity contribution in [3.63, 3.8) is 0 Å². The van der Waals surface area contributed by atoms with Gasteiger partial charge in [-0.2, -0.15) is 0 Å². The van der Waals surface area contributed by atoms with Gasteiger partial charge >= 0.3 is 7.12 Å². The Morgan fingerprint density at radius 2 is 0.593 bits per heavy atom. The van der Waals surface area contributed by atoms with Crippen molar-refractivity contribution in [1.82, 2.24) is 13.7 Å². The molecule has 0 spiro atoms. The molecule has 0 aliphatic carbocycles. The van der Waals surface area contributed by atoms with Crippen LogP contribution in [0.3, 0.4) is 0 Å². The van der Waals surface area contributed by atoms with E-state index in [1.54, 1.807) is 62.8 Å². The second-order valence-electron chi connectivity index (χ2n) is 19.8. The smallest absolute Gasteiger partial charge is 0.491 e. The van der Waals surface area contributed by atoms with Crippen LogP contribution in [0.25, 0.3) is 105 Å². The first-order chi connectivity index (χ1) is 41.5. The van der Waals surface area contributed by atoms with Gasteiger partial charge in [0.2, 0.25) is 0 Å². The molecule has 0 aliphatic heterocycles. The van der Waals surface area contributed by atoms with Gasteiger partial charge in [0.1, 0.15) is 28.8 Å². The Hall–Kier alpha value is -9.25. The first-order valence-electron chi connectivity index (χ1n) is 27.0. The van der Waals surface area contributed by atoms with E-state index in [0.29, 0.717) is 50.8 Å². The Kier molecular flexibility index (Phi) is 16.9. The molecule has 9 nitrogen and oxygen atoms in total. The fraction of sp³-hybridized carbons (Fsp3) is 0.0704. The van der Waals surface area contributed by atoms with E-state index >= 15 is 8.78 Å². The molecule has 0 saturated carbocycles. The molecule has 0 bridgehead atoms. The van der Waals surface area contributed by atoms with Crippen molar-refractivity contribution in [3.05, 3.63) is 251 Å². The van der Waals surface area contributed by atoms with Crippen molar-refractivity contribution in [3.8, 4) is 62.3 Å². The number of fused-ring (bicyclic) bond motifs is 9. The van der Waals surface area contributed by atoms with E-state index in [1.165, 1.54) is 20.3 Å². The lowest BCUT2D eigenvalue weighted by molar-refractivity contribution is 0.398. The third kappa shape index (κ3) is 10.3. The van der Waals surface area contributed by atoms with Crippen LogP contribution >= 0.6 is 31.9 Å². The van der Waals surface area contributed by atoms with Crippen molar-refractivity contribution < 1.29 is 42.2 Å². The van der Waals surface area contributed by atoms with Gasteiger partial charge in [0.15, 0.2) is 11.6 Å². The van der Waals surface area contributed by atoms with Gasteiger partial charge in [-0.05, 0) is 111 Å². The zero-order chi connectivity index (χ0) is 59.0. The average molecular weight is 1270 g/mol. The van der Waals surface area contributed by atoms with Crippen molar-refractivity contribution in [2.24, 2.45) is 0 Å². The summed E-state index contributed by atoms with van der Waals surface area (Å²) in [6.07, 6.45) is 0. The molecule has 0 unspecified atom stereocenters. The van der Waals surface area contributed by atoms with Crippen LogP contribution in [0, 0.1) is 17.5 Å². The van der Waals surface area contributed by atoms with Crippen LogP contribution in [-0.2, 0) is 0 Å². The summed E-state index contributed by atoms with van der Waals surface area (Å²) in [5, 5.41) is 24.9. The van der Waals surface area contributed by atoms with Crippen molar-refractivity contribution in [2.45, 2.75) is 7.43 Å². The minimum Gasteiger partial charge on any atom is -0.496 e. The minimum atomic E-state index is -1.84. The molecule has 0 aliphatic rings. The molecule has 11 aromatic carbocycles. The summed E-state index contributed by atoms with van der Waals surface area (Å²) in [6.45, 7) is 0. The molecule has 86 heavy (non-hydrogen) atoms. The van der Waals surface area contributed by atoms with Crippen LogP contribution < -0.4 is 24.4 Å². The Morgan fingerprint density at radius 1 is 0.326 bits per heavy atom. The number of halogens is 5. The van der Waals surface area contributed by atoms with Crippen LogP contribution in [0.15, 0.2) is 233 Å². The van der Waals surface area contributed by atoms with E-state index in [9.17, 15) is 14.4 Å². The Labute approximate surface area is 511 Å². The molecule has 14 rings (SSSR count). The number of nitrogens with zero attached hydrogens (tertiary/aromatic N) is 3. The fourth-order valence-electron chi connectivity index (χ4n) is 11.4. The number of benzene rings is 11. The van der Waals surface area contributed by atoms with Crippen molar-refractivity contribution in [2.75, 3.05) is 28.4 Å². The normalized spacial score (nSPS) is 11.1. The van der Waals surface area contributed by atoms with E-state index < -0.39 is 24.6 Å². The van der Waals surface area contributed by atoms with Gasteiger partial charge in [0.25, 0.3) is 0 Å². The van der Waals surface area contributed by atoms with Crippen LogP contribution in [0.5, 0.6) is 23.0 Å². The lowest BCUT2D eigenvalue weighted by Gasteiger charge is -2.19. The highest BCUT2D eigenvalue weighted by atomic mass is 79.9. The van der Waals surface area contributed by atoms with Gasteiger partial charge in [-0.3, -0.25) is 0 Å². The van der Waals surface area contributed by atoms with Gasteiger partial charge in [-0.25, -0.2) is 13.2 Å². The number of hydrogen-bond acceptors (Lipinski definition) is 6. The highest BCUT2D eigenvalue weighted by molar-refractivity contribution is 9.11. The number of hydrogen-bond donors (Lipinski definition) is 2. The molecule has 0 radical (unpaired) electrons. The van der Waals surface area contributed by atoms with Crippen molar-refractivity contribution in [1.29, 1.82) is 0 Å². The fourth-order valence-corrected chi connectivity index (χ4v) is 12.4. The molecule has 2 N–H and O–H groups in total. The molecular formula is C71H55BBr2F3N3O6. The SMILES string of the molecule is C.COc1cc(-c2cccc(-n3c4ccccc4c4ccccc43)c2F)c(OC)cc1-c1cccc(-n2c3ccccc3c3ccccc32)c1F.COc1cc(Br)c(OC)cc1Br.OB(O)c1cccc(-n2c3ccccc3c3ccccc32)c1F. The lowest BCUT2D eigenvalue weighted by atomic mass is 9.79. The third-order valence-electron chi connectivity index (χ3n) is 15.2. The van der Waals surface area contributed by atoms with Crippen LogP contribution in [0.4, 0.5) is 13.2 Å². The maximum absolute atomic E-state index is 16.9. The van der Waals surface area contributed by atoms with E-state index in [0.717, 1.165) is 85.9 Å². The maximum atomic E-state index is 16.9. The van der Waals surface area contributed by atoms with Gasteiger partial charge in [0, 0.05) is 60.0 Å². The predicted octanol–water partition coefficient (Wildman–Crippen LogP) is 18.0. The second-order valence-corrected chi connectivity index (χ2v) is 21.5. The average Bonchev–Trinajstić information content (AvgIpc) is 4.32. The maximum Gasteiger partial charge on any atom is 0.491 e.